The summed E-state index contributed by atoms with van der Waals surface area (Å²) in [6, 6.07) is 0.172. The largest absolute Gasteiger partial charge is 0.316 e. The fraction of sp³-hybridized carbons (Fsp3) is 1.00. The summed E-state index contributed by atoms with van der Waals surface area (Å²) in [5.41, 5.74) is 0. The monoisotopic (exact) mass is 248 g/mol. The van der Waals surface area contributed by atoms with E-state index >= 15 is 0 Å². The summed E-state index contributed by atoms with van der Waals surface area (Å²) >= 11 is 0. The molecule has 5 heteroatoms. The third-order valence-electron chi connectivity index (χ3n) is 3.02. The van der Waals surface area contributed by atoms with Gasteiger partial charge in [-0.1, -0.05) is 13.8 Å². The SMILES string of the molecule is CCCNCCS(=O)(=O)NC1CCC(C)C1. The highest BCUT2D eigenvalue weighted by atomic mass is 32.2. The van der Waals surface area contributed by atoms with E-state index in [0.29, 0.717) is 12.5 Å². The van der Waals surface area contributed by atoms with Gasteiger partial charge in [0.25, 0.3) is 0 Å². The summed E-state index contributed by atoms with van der Waals surface area (Å²) in [6.45, 7) is 5.68. The normalized spacial score (nSPS) is 26.1. The number of hydrogen-bond donors (Lipinski definition) is 2. The van der Waals surface area contributed by atoms with Crippen molar-refractivity contribution in [3.05, 3.63) is 0 Å². The van der Waals surface area contributed by atoms with Gasteiger partial charge in [0, 0.05) is 12.6 Å². The first-order chi connectivity index (χ1) is 7.53. The Morgan fingerprint density at radius 1 is 1.25 bits per heavy atom. The zero-order valence-electron chi connectivity index (χ0n) is 10.3. The lowest BCUT2D eigenvalue weighted by atomic mass is 10.1. The predicted octanol–water partition coefficient (Wildman–Crippen LogP) is 1.09. The zero-order valence-corrected chi connectivity index (χ0v) is 11.1. The van der Waals surface area contributed by atoms with Crippen molar-refractivity contribution in [3.63, 3.8) is 0 Å². The Balaban J connectivity index is 2.23. The van der Waals surface area contributed by atoms with Gasteiger partial charge in [-0.05, 0) is 38.1 Å². The standard InChI is InChI=1S/C11H24N2O2S/c1-3-6-12-7-8-16(14,15)13-11-5-4-10(2)9-11/h10-13H,3-9H2,1-2H3. The van der Waals surface area contributed by atoms with Gasteiger partial charge in [0.15, 0.2) is 0 Å². The molecule has 2 N–H and O–H groups in total. The topological polar surface area (TPSA) is 58.2 Å². The maximum atomic E-state index is 11.7. The van der Waals surface area contributed by atoms with Crippen LogP contribution in [0, 0.1) is 5.92 Å². The van der Waals surface area contributed by atoms with Gasteiger partial charge in [-0.25, -0.2) is 13.1 Å². The maximum absolute atomic E-state index is 11.7. The minimum atomic E-state index is -3.08. The Bertz CT molecular complexity index is 290. The molecule has 0 radical (unpaired) electrons. The highest BCUT2D eigenvalue weighted by Gasteiger charge is 2.25. The van der Waals surface area contributed by atoms with Gasteiger partial charge in [0.05, 0.1) is 5.75 Å². The van der Waals surface area contributed by atoms with Crippen LogP contribution in [-0.4, -0.2) is 33.3 Å². The molecule has 0 spiro atoms. The van der Waals surface area contributed by atoms with Crippen molar-refractivity contribution in [3.8, 4) is 0 Å². The molecule has 0 heterocycles. The summed E-state index contributed by atoms with van der Waals surface area (Å²) in [5, 5.41) is 3.11. The number of nitrogens with one attached hydrogen (secondary N) is 2. The smallest absolute Gasteiger partial charge is 0.213 e. The molecule has 96 valence electrons. The molecule has 1 aliphatic carbocycles. The molecule has 0 aliphatic heterocycles. The van der Waals surface area contributed by atoms with E-state index in [1.54, 1.807) is 0 Å². The van der Waals surface area contributed by atoms with Crippen LogP contribution in [0.5, 0.6) is 0 Å². The minimum absolute atomic E-state index is 0.172. The average molecular weight is 248 g/mol. The van der Waals surface area contributed by atoms with Crippen molar-refractivity contribution in [2.45, 2.75) is 45.6 Å². The van der Waals surface area contributed by atoms with Gasteiger partial charge in [0.1, 0.15) is 0 Å². The lowest BCUT2D eigenvalue weighted by molar-refractivity contribution is 0.536. The molecule has 2 atom stereocenters. The molecule has 1 fully saturated rings. The van der Waals surface area contributed by atoms with Gasteiger partial charge < -0.3 is 5.32 Å². The Kier molecular flexibility index (Phi) is 5.72. The fourth-order valence-corrected chi connectivity index (χ4v) is 3.39. The van der Waals surface area contributed by atoms with Gasteiger partial charge in [-0.2, -0.15) is 0 Å². The van der Waals surface area contributed by atoms with Crippen molar-refractivity contribution in [2.75, 3.05) is 18.8 Å². The molecule has 0 aromatic rings. The molecule has 1 rings (SSSR count). The highest BCUT2D eigenvalue weighted by molar-refractivity contribution is 7.89. The number of rotatable bonds is 7. The summed E-state index contributed by atoms with van der Waals surface area (Å²) in [6.07, 6.45) is 4.15. The molecule has 0 saturated heterocycles. The molecule has 0 aromatic carbocycles. The predicted molar refractivity (Wildman–Crippen MR) is 66.9 cm³/mol. The Morgan fingerprint density at radius 3 is 2.56 bits per heavy atom. The minimum Gasteiger partial charge on any atom is -0.316 e. The van der Waals surface area contributed by atoms with Crippen molar-refractivity contribution >= 4 is 10.0 Å². The summed E-state index contributed by atoms with van der Waals surface area (Å²) in [5.74, 6) is 0.851. The van der Waals surface area contributed by atoms with E-state index in [-0.39, 0.29) is 11.8 Å². The quantitative estimate of drug-likeness (QED) is 0.663. The van der Waals surface area contributed by atoms with E-state index in [0.717, 1.165) is 32.2 Å². The van der Waals surface area contributed by atoms with Crippen LogP contribution in [0.4, 0.5) is 0 Å². The van der Waals surface area contributed by atoms with Crippen LogP contribution in [0.25, 0.3) is 0 Å². The third-order valence-corrected chi connectivity index (χ3v) is 4.45. The Morgan fingerprint density at radius 2 is 2.00 bits per heavy atom. The Labute approximate surface area is 99.2 Å². The Hall–Kier alpha value is -0.130. The molecule has 4 nitrogen and oxygen atoms in total. The van der Waals surface area contributed by atoms with Crippen LogP contribution in [-0.2, 0) is 10.0 Å². The lowest BCUT2D eigenvalue weighted by Crippen LogP contribution is -2.37. The van der Waals surface area contributed by atoms with E-state index in [9.17, 15) is 8.42 Å². The second-order valence-electron chi connectivity index (χ2n) is 4.80. The van der Waals surface area contributed by atoms with E-state index in [2.05, 4.69) is 23.9 Å². The third kappa shape index (κ3) is 5.27. The van der Waals surface area contributed by atoms with Crippen molar-refractivity contribution in [2.24, 2.45) is 5.92 Å². The number of hydrogen-bond acceptors (Lipinski definition) is 3. The summed E-state index contributed by atoms with van der Waals surface area (Å²) in [4.78, 5) is 0. The van der Waals surface area contributed by atoms with Crippen LogP contribution in [0.15, 0.2) is 0 Å². The molecule has 1 aliphatic rings. The summed E-state index contributed by atoms with van der Waals surface area (Å²) < 4.78 is 26.2. The van der Waals surface area contributed by atoms with Crippen molar-refractivity contribution in [1.82, 2.24) is 10.0 Å². The van der Waals surface area contributed by atoms with E-state index in [4.69, 9.17) is 0 Å². The first-order valence-corrected chi connectivity index (χ1v) is 7.89. The molecule has 2 unspecified atom stereocenters. The molecule has 1 saturated carbocycles. The average Bonchev–Trinajstić information content (AvgIpc) is 2.58. The first-order valence-electron chi connectivity index (χ1n) is 6.24. The highest BCUT2D eigenvalue weighted by Crippen LogP contribution is 2.24. The van der Waals surface area contributed by atoms with Crippen LogP contribution >= 0.6 is 0 Å². The molecular formula is C11H24N2O2S. The zero-order chi connectivity index (χ0) is 12.0. The molecule has 16 heavy (non-hydrogen) atoms. The van der Waals surface area contributed by atoms with Crippen LogP contribution in [0.2, 0.25) is 0 Å². The van der Waals surface area contributed by atoms with Crippen LogP contribution in [0.3, 0.4) is 0 Å². The van der Waals surface area contributed by atoms with Gasteiger partial charge in [0.2, 0.25) is 10.0 Å². The van der Waals surface area contributed by atoms with Crippen LogP contribution < -0.4 is 10.0 Å². The second-order valence-corrected chi connectivity index (χ2v) is 6.68. The van der Waals surface area contributed by atoms with E-state index in [1.807, 2.05) is 0 Å². The molecule has 0 bridgehead atoms. The molecular weight excluding hydrogens is 224 g/mol. The first kappa shape index (κ1) is 13.9. The fourth-order valence-electron chi connectivity index (χ4n) is 2.14. The maximum Gasteiger partial charge on any atom is 0.213 e. The summed E-state index contributed by atoms with van der Waals surface area (Å²) in [7, 11) is -3.08. The van der Waals surface area contributed by atoms with Crippen molar-refractivity contribution in [1.29, 1.82) is 0 Å². The van der Waals surface area contributed by atoms with Gasteiger partial charge >= 0.3 is 0 Å². The van der Waals surface area contributed by atoms with Gasteiger partial charge in [-0.3, -0.25) is 0 Å². The molecule has 0 amide bonds. The second kappa shape index (κ2) is 6.57. The van der Waals surface area contributed by atoms with Crippen LogP contribution in [0.1, 0.15) is 39.5 Å². The number of sulfonamides is 1. The van der Waals surface area contributed by atoms with E-state index in [1.165, 1.54) is 0 Å². The van der Waals surface area contributed by atoms with Crippen molar-refractivity contribution < 1.29 is 8.42 Å². The molecule has 0 aromatic heterocycles. The van der Waals surface area contributed by atoms with Gasteiger partial charge in [-0.15, -0.1) is 0 Å². The lowest BCUT2D eigenvalue weighted by Gasteiger charge is -2.13. The van der Waals surface area contributed by atoms with E-state index < -0.39 is 10.0 Å².